The van der Waals surface area contributed by atoms with Gasteiger partial charge < -0.3 is 24.1 Å². The normalized spacial score (nSPS) is 18.8. The number of furan rings is 1. The molecular formula is C16H23N2O7S+. The van der Waals surface area contributed by atoms with E-state index >= 15 is 0 Å². The number of hydrogen-bond donors (Lipinski definition) is 4. The van der Waals surface area contributed by atoms with E-state index < -0.39 is 32.8 Å². The molecule has 9 nitrogen and oxygen atoms in total. The summed E-state index contributed by atoms with van der Waals surface area (Å²) in [5, 5.41) is 19.5. The molecule has 1 heterocycles. The molecule has 26 heavy (non-hydrogen) atoms. The lowest BCUT2D eigenvalue weighted by molar-refractivity contribution is -0.507. The molecule has 0 radical (unpaired) electrons. The highest BCUT2D eigenvalue weighted by Crippen LogP contribution is 2.24. The minimum atomic E-state index is -4.18. The standard InChI is InChI=1S/C16H22N2O7S/c1-16(2,20)10-7-14(25-9-10)26(21,22)18-15(19)17-12-8-11(23-3)5-6-13(12)24-4/h5-7,9,12,20H,8H2,1-4H3,(H2,17,18,19)/p+1. The summed E-state index contributed by atoms with van der Waals surface area (Å²) in [6.45, 7) is 2.99. The van der Waals surface area contributed by atoms with Crippen LogP contribution in [0.5, 0.6) is 0 Å². The molecule has 1 aromatic heterocycles. The van der Waals surface area contributed by atoms with E-state index in [0.29, 0.717) is 17.9 Å². The van der Waals surface area contributed by atoms with Crippen molar-refractivity contribution in [3.63, 3.8) is 0 Å². The van der Waals surface area contributed by atoms with Gasteiger partial charge in [-0.2, -0.15) is 8.42 Å². The van der Waals surface area contributed by atoms with Crippen molar-refractivity contribution in [3.05, 3.63) is 41.6 Å². The first kappa shape index (κ1) is 19.9. The molecule has 0 saturated heterocycles. The summed E-state index contributed by atoms with van der Waals surface area (Å²) < 4.78 is 41.9. The van der Waals surface area contributed by atoms with E-state index in [1.165, 1.54) is 34.1 Å². The van der Waals surface area contributed by atoms with Gasteiger partial charge in [-0.25, -0.2) is 4.99 Å². The molecule has 1 unspecified atom stereocenters. The Morgan fingerprint density at radius 3 is 2.58 bits per heavy atom. The zero-order valence-electron chi connectivity index (χ0n) is 14.9. The first-order chi connectivity index (χ1) is 12.1. The molecule has 2 rings (SSSR count). The quantitative estimate of drug-likeness (QED) is 0.386. The molecule has 1 aromatic rings. The van der Waals surface area contributed by atoms with E-state index in [1.54, 1.807) is 12.2 Å². The fourth-order valence-corrected chi connectivity index (χ4v) is 3.17. The third-order valence-electron chi connectivity index (χ3n) is 3.77. The first-order valence-electron chi connectivity index (χ1n) is 7.72. The van der Waals surface area contributed by atoms with Crippen molar-refractivity contribution < 1.29 is 37.5 Å². The molecule has 0 amide bonds. The molecule has 1 aliphatic rings. The Morgan fingerprint density at radius 2 is 2.04 bits per heavy atom. The van der Waals surface area contributed by atoms with Gasteiger partial charge in [-0.1, -0.05) is 0 Å². The fourth-order valence-electron chi connectivity index (χ4n) is 2.30. The Kier molecular flexibility index (Phi) is 5.67. The van der Waals surface area contributed by atoms with E-state index in [1.807, 2.05) is 4.72 Å². The highest BCUT2D eigenvalue weighted by molar-refractivity contribution is 7.89. The lowest BCUT2D eigenvalue weighted by Gasteiger charge is -2.18. The number of ether oxygens (including phenoxy) is 2. The van der Waals surface area contributed by atoms with Crippen LogP contribution in [0.3, 0.4) is 0 Å². The van der Waals surface area contributed by atoms with Gasteiger partial charge >= 0.3 is 16.0 Å². The molecule has 1 aliphatic carbocycles. The Labute approximate surface area is 151 Å². The zero-order chi connectivity index (χ0) is 19.5. The van der Waals surface area contributed by atoms with E-state index in [4.69, 9.17) is 13.9 Å². The van der Waals surface area contributed by atoms with Crippen LogP contribution in [0.1, 0.15) is 25.8 Å². The van der Waals surface area contributed by atoms with Crippen LogP contribution in [0.4, 0.5) is 0 Å². The number of sulfonamides is 1. The minimum absolute atomic E-state index is 0.289. The number of methoxy groups -OCH3 is 2. The van der Waals surface area contributed by atoms with Crippen molar-refractivity contribution in [2.75, 3.05) is 14.2 Å². The fraction of sp³-hybridized carbons (Fsp3) is 0.438. The average Bonchev–Trinajstić information content (AvgIpc) is 3.05. The Bertz CT molecular complexity index is 844. The summed E-state index contributed by atoms with van der Waals surface area (Å²) in [6.07, 6.45) is 4.87. The van der Waals surface area contributed by atoms with Crippen LogP contribution in [0.25, 0.3) is 0 Å². The predicted octanol–water partition coefficient (Wildman–Crippen LogP) is -0.387. The maximum Gasteiger partial charge on any atom is 0.456 e. The molecule has 0 aliphatic heterocycles. The van der Waals surface area contributed by atoms with Gasteiger partial charge in [0, 0.05) is 11.6 Å². The van der Waals surface area contributed by atoms with Crippen LogP contribution in [-0.4, -0.2) is 44.9 Å². The largest absolute Gasteiger partial charge is 0.501 e. The van der Waals surface area contributed by atoms with Crippen molar-refractivity contribution >= 4 is 16.0 Å². The van der Waals surface area contributed by atoms with Crippen molar-refractivity contribution in [2.45, 2.75) is 37.0 Å². The Balaban J connectivity index is 2.18. The van der Waals surface area contributed by atoms with Crippen molar-refractivity contribution in [1.29, 1.82) is 0 Å². The zero-order valence-corrected chi connectivity index (χ0v) is 15.8. The van der Waals surface area contributed by atoms with Gasteiger partial charge in [-0.15, -0.1) is 4.72 Å². The number of hydrogen-bond acceptors (Lipinski definition) is 6. The maximum absolute atomic E-state index is 12.3. The number of nitrogens with one attached hydrogen (secondary N) is 2. The molecular weight excluding hydrogens is 364 g/mol. The second kappa shape index (κ2) is 7.42. The molecule has 0 spiro atoms. The van der Waals surface area contributed by atoms with Crippen molar-refractivity contribution in [2.24, 2.45) is 0 Å². The monoisotopic (exact) mass is 387 g/mol. The summed E-state index contributed by atoms with van der Waals surface area (Å²) >= 11 is 0. The van der Waals surface area contributed by atoms with Crippen molar-refractivity contribution in [3.8, 4) is 0 Å². The summed E-state index contributed by atoms with van der Waals surface area (Å²) in [5.41, 5.74) is -0.971. The van der Waals surface area contributed by atoms with E-state index in [0.717, 1.165) is 6.26 Å². The molecule has 144 valence electrons. The van der Waals surface area contributed by atoms with E-state index in [-0.39, 0.29) is 5.56 Å². The van der Waals surface area contributed by atoms with Crippen LogP contribution in [-0.2, 0) is 25.1 Å². The highest BCUT2D eigenvalue weighted by atomic mass is 32.2. The second-order valence-electron chi connectivity index (χ2n) is 6.18. The summed E-state index contributed by atoms with van der Waals surface area (Å²) in [6, 6.07) is -0.0367. The summed E-state index contributed by atoms with van der Waals surface area (Å²) in [5.74, 6) is 1.14. The molecule has 10 heteroatoms. The third-order valence-corrected chi connectivity index (χ3v) is 4.97. The first-order valence-corrected chi connectivity index (χ1v) is 9.20. The molecule has 0 aromatic carbocycles. The number of aliphatic hydroxyl groups excluding tert-OH is 1. The van der Waals surface area contributed by atoms with Gasteiger partial charge in [0.15, 0.2) is 6.04 Å². The molecule has 4 N–H and O–H groups in total. The van der Waals surface area contributed by atoms with Crippen LogP contribution >= 0.6 is 0 Å². The van der Waals surface area contributed by atoms with E-state index in [2.05, 4.69) is 4.99 Å². The molecule has 1 atom stereocenters. The van der Waals surface area contributed by atoms with Gasteiger partial charge in [0.25, 0.3) is 5.09 Å². The number of rotatable bonds is 6. The average molecular weight is 387 g/mol. The number of amidine groups is 1. The SMILES string of the molecule is COC1=CC=C(OC)C([NH+]=C(O)NS(=O)(=O)c2cc(C(C)(C)O)co2)C1. The summed E-state index contributed by atoms with van der Waals surface area (Å²) in [4.78, 5) is 2.62. The topological polar surface area (TPSA) is 132 Å². The van der Waals surface area contributed by atoms with Gasteiger partial charge in [-0.3, -0.25) is 0 Å². The van der Waals surface area contributed by atoms with Gasteiger partial charge in [0.05, 0.1) is 32.5 Å². The maximum atomic E-state index is 12.3. The third kappa shape index (κ3) is 4.58. The molecule has 0 bridgehead atoms. The van der Waals surface area contributed by atoms with Crippen LogP contribution in [0, 0.1) is 0 Å². The predicted molar refractivity (Wildman–Crippen MR) is 91.5 cm³/mol. The lowest BCUT2D eigenvalue weighted by Crippen LogP contribution is -2.83. The van der Waals surface area contributed by atoms with Crippen molar-refractivity contribution in [1.82, 2.24) is 4.72 Å². The Hall–Kier alpha value is -2.46. The van der Waals surface area contributed by atoms with Gasteiger partial charge in [-0.05, 0) is 26.0 Å². The van der Waals surface area contributed by atoms with Crippen LogP contribution < -0.4 is 9.71 Å². The molecule has 0 saturated carbocycles. The number of aliphatic hydroxyl groups is 2. The smallest absolute Gasteiger partial charge is 0.456 e. The van der Waals surface area contributed by atoms with Crippen LogP contribution in [0.2, 0.25) is 0 Å². The van der Waals surface area contributed by atoms with Gasteiger partial charge in [0.1, 0.15) is 11.5 Å². The van der Waals surface area contributed by atoms with E-state index in [9.17, 15) is 18.6 Å². The highest BCUT2D eigenvalue weighted by Gasteiger charge is 2.31. The Morgan fingerprint density at radius 1 is 1.35 bits per heavy atom. The minimum Gasteiger partial charge on any atom is -0.501 e. The van der Waals surface area contributed by atoms with Crippen LogP contribution in [0.15, 0.2) is 45.5 Å². The molecule has 0 fully saturated rings. The summed E-state index contributed by atoms with van der Waals surface area (Å²) in [7, 11) is -1.20. The lowest BCUT2D eigenvalue weighted by atomic mass is 10.0. The number of allylic oxidation sites excluding steroid dienone is 2. The van der Waals surface area contributed by atoms with Gasteiger partial charge in [0.2, 0.25) is 0 Å². The second-order valence-corrected chi connectivity index (χ2v) is 7.79.